The van der Waals surface area contributed by atoms with Gasteiger partial charge in [0.15, 0.2) is 0 Å². The molecule has 0 aliphatic heterocycles. The SMILES string of the molecule is CONc1ccccc1SSc1ccccc1CC=O.Nc1ccccc1S. The highest BCUT2D eigenvalue weighted by atomic mass is 33.1. The molecule has 3 aromatic rings. The first-order chi connectivity index (χ1) is 13.7. The number of hydrogen-bond acceptors (Lipinski definition) is 7. The summed E-state index contributed by atoms with van der Waals surface area (Å²) in [5, 5.41) is 0. The number of benzene rings is 3. The lowest BCUT2D eigenvalue weighted by atomic mass is 10.2. The molecule has 0 saturated heterocycles. The third-order valence-electron chi connectivity index (χ3n) is 3.53. The maximum Gasteiger partial charge on any atom is 0.124 e. The van der Waals surface area contributed by atoms with Crippen LogP contribution in [0.4, 0.5) is 11.4 Å². The van der Waals surface area contributed by atoms with Crippen molar-refractivity contribution in [1.29, 1.82) is 0 Å². The Morgan fingerprint density at radius 1 is 0.964 bits per heavy atom. The van der Waals surface area contributed by atoms with Crippen molar-refractivity contribution in [3.63, 3.8) is 0 Å². The fourth-order valence-corrected chi connectivity index (χ4v) is 4.68. The summed E-state index contributed by atoms with van der Waals surface area (Å²) >= 11 is 4.07. The summed E-state index contributed by atoms with van der Waals surface area (Å²) in [5.41, 5.74) is 11.0. The van der Waals surface area contributed by atoms with E-state index in [9.17, 15) is 4.79 Å². The Balaban J connectivity index is 0.000000292. The molecule has 0 amide bonds. The number of nitrogens with two attached hydrogens (primary N) is 1. The third-order valence-corrected chi connectivity index (χ3v) is 6.46. The molecular formula is C21H22N2O2S3. The standard InChI is InChI=1S/C15H15NO2S2.C6H7NS/c1-18-16-13-7-3-5-9-15(13)20-19-14-8-4-2-6-12(14)10-11-17;7-5-3-1-2-4-6(5)8/h2-9,11,16H,10H2,1H3;1-4,8H,7H2. The van der Waals surface area contributed by atoms with Gasteiger partial charge in [-0.3, -0.25) is 10.3 Å². The molecule has 0 radical (unpaired) electrons. The van der Waals surface area contributed by atoms with Crippen molar-refractivity contribution in [3.05, 3.63) is 78.4 Å². The van der Waals surface area contributed by atoms with Gasteiger partial charge in [0.1, 0.15) is 6.29 Å². The van der Waals surface area contributed by atoms with Gasteiger partial charge in [-0.25, -0.2) is 0 Å². The van der Waals surface area contributed by atoms with Gasteiger partial charge in [-0.05, 0) is 35.9 Å². The van der Waals surface area contributed by atoms with E-state index in [1.54, 1.807) is 28.7 Å². The molecular weight excluding hydrogens is 408 g/mol. The molecule has 3 aromatic carbocycles. The predicted molar refractivity (Wildman–Crippen MR) is 123 cm³/mol. The highest BCUT2D eigenvalue weighted by Crippen LogP contribution is 2.41. The van der Waals surface area contributed by atoms with Crippen LogP contribution < -0.4 is 11.2 Å². The average Bonchev–Trinajstić information content (AvgIpc) is 2.71. The summed E-state index contributed by atoms with van der Waals surface area (Å²) in [6.07, 6.45) is 1.38. The van der Waals surface area contributed by atoms with Gasteiger partial charge in [0.25, 0.3) is 0 Å². The number of rotatable bonds is 7. The molecule has 7 heteroatoms. The Bertz CT molecular complexity index is 870. The van der Waals surface area contributed by atoms with Crippen LogP contribution in [0, 0.1) is 0 Å². The molecule has 146 valence electrons. The summed E-state index contributed by atoms with van der Waals surface area (Å²) in [4.78, 5) is 18.7. The van der Waals surface area contributed by atoms with Crippen molar-refractivity contribution in [2.75, 3.05) is 18.3 Å². The van der Waals surface area contributed by atoms with Crippen LogP contribution >= 0.6 is 34.2 Å². The Hall–Kier alpha value is -2.06. The number of aldehydes is 1. The van der Waals surface area contributed by atoms with Crippen LogP contribution in [-0.4, -0.2) is 13.4 Å². The van der Waals surface area contributed by atoms with Crippen LogP contribution in [0.5, 0.6) is 0 Å². The molecule has 0 heterocycles. The molecule has 28 heavy (non-hydrogen) atoms. The maximum absolute atomic E-state index is 10.7. The van der Waals surface area contributed by atoms with Gasteiger partial charge in [0, 0.05) is 26.8 Å². The van der Waals surface area contributed by atoms with Crippen LogP contribution in [0.15, 0.2) is 87.5 Å². The fourth-order valence-electron chi connectivity index (χ4n) is 2.15. The van der Waals surface area contributed by atoms with Crippen LogP contribution in [0.1, 0.15) is 5.56 Å². The molecule has 3 N–H and O–H groups in total. The molecule has 3 rings (SSSR count). The van der Waals surface area contributed by atoms with Gasteiger partial charge in [0.05, 0.1) is 12.8 Å². The fraction of sp³-hybridized carbons (Fsp3) is 0.0952. The average molecular weight is 431 g/mol. The maximum atomic E-state index is 10.7. The molecule has 0 atom stereocenters. The summed E-state index contributed by atoms with van der Waals surface area (Å²) in [6.45, 7) is 0. The summed E-state index contributed by atoms with van der Waals surface area (Å²) in [5.74, 6) is 0. The third kappa shape index (κ3) is 7.16. The first kappa shape index (κ1) is 22.2. The number of hydrogen-bond donors (Lipinski definition) is 3. The van der Waals surface area contributed by atoms with Crippen LogP contribution in [0.2, 0.25) is 0 Å². The lowest BCUT2D eigenvalue weighted by molar-refractivity contribution is -0.107. The normalized spacial score (nSPS) is 9.93. The second kappa shape index (κ2) is 12.4. The number of anilines is 2. The van der Waals surface area contributed by atoms with Crippen molar-refractivity contribution in [1.82, 2.24) is 0 Å². The van der Waals surface area contributed by atoms with Crippen molar-refractivity contribution in [2.45, 2.75) is 21.1 Å². The Morgan fingerprint density at radius 3 is 2.21 bits per heavy atom. The molecule has 0 spiro atoms. The first-order valence-electron chi connectivity index (χ1n) is 8.43. The highest BCUT2D eigenvalue weighted by Gasteiger charge is 2.06. The number of carbonyl (C=O) groups excluding carboxylic acids is 1. The second-order valence-electron chi connectivity index (χ2n) is 5.51. The molecule has 0 aliphatic rings. The van der Waals surface area contributed by atoms with E-state index in [2.05, 4.69) is 18.1 Å². The number of para-hydroxylation sites is 2. The minimum Gasteiger partial charge on any atom is -0.398 e. The zero-order valence-electron chi connectivity index (χ0n) is 15.4. The van der Waals surface area contributed by atoms with E-state index in [0.29, 0.717) is 6.42 Å². The van der Waals surface area contributed by atoms with E-state index < -0.39 is 0 Å². The number of carbonyl (C=O) groups is 1. The quantitative estimate of drug-likeness (QED) is 0.146. The Morgan fingerprint density at radius 2 is 1.57 bits per heavy atom. The van der Waals surface area contributed by atoms with E-state index in [1.165, 1.54) is 0 Å². The lowest BCUT2D eigenvalue weighted by Crippen LogP contribution is -1.96. The molecule has 4 nitrogen and oxygen atoms in total. The van der Waals surface area contributed by atoms with E-state index in [1.807, 2.05) is 72.8 Å². The topological polar surface area (TPSA) is 64.3 Å². The first-order valence-corrected chi connectivity index (χ1v) is 11.0. The number of nitrogens with one attached hydrogen (secondary N) is 1. The minimum atomic E-state index is 0.446. The number of nitrogen functional groups attached to an aromatic ring is 1. The minimum absolute atomic E-state index is 0.446. The van der Waals surface area contributed by atoms with Crippen molar-refractivity contribution < 1.29 is 9.63 Å². The van der Waals surface area contributed by atoms with Crippen LogP contribution in [0.25, 0.3) is 0 Å². The van der Waals surface area contributed by atoms with Crippen molar-refractivity contribution >= 4 is 51.9 Å². The van der Waals surface area contributed by atoms with Gasteiger partial charge < -0.3 is 10.5 Å². The van der Waals surface area contributed by atoms with E-state index in [4.69, 9.17) is 10.6 Å². The van der Waals surface area contributed by atoms with Gasteiger partial charge >= 0.3 is 0 Å². The highest BCUT2D eigenvalue weighted by molar-refractivity contribution is 8.76. The molecule has 0 aromatic heterocycles. The Labute approximate surface area is 179 Å². The molecule has 0 unspecified atom stereocenters. The number of thiol groups is 1. The molecule has 0 aliphatic carbocycles. The molecule has 0 saturated carbocycles. The smallest absolute Gasteiger partial charge is 0.124 e. The summed E-state index contributed by atoms with van der Waals surface area (Å²) in [6, 6.07) is 23.3. The molecule has 0 fully saturated rings. The predicted octanol–water partition coefficient (Wildman–Crippen LogP) is 5.76. The van der Waals surface area contributed by atoms with Gasteiger partial charge in [-0.2, -0.15) is 0 Å². The second-order valence-corrected chi connectivity index (χ2v) is 8.20. The van der Waals surface area contributed by atoms with E-state index in [0.717, 1.165) is 37.9 Å². The van der Waals surface area contributed by atoms with Crippen molar-refractivity contribution in [2.24, 2.45) is 0 Å². The monoisotopic (exact) mass is 430 g/mol. The van der Waals surface area contributed by atoms with E-state index >= 15 is 0 Å². The Kier molecular flexibility index (Phi) is 9.85. The van der Waals surface area contributed by atoms with Gasteiger partial charge in [-0.15, -0.1) is 12.6 Å². The molecule has 0 bridgehead atoms. The summed E-state index contributed by atoms with van der Waals surface area (Å²) in [7, 11) is 4.87. The summed E-state index contributed by atoms with van der Waals surface area (Å²) < 4.78 is 0. The zero-order chi connectivity index (χ0) is 20.2. The zero-order valence-corrected chi connectivity index (χ0v) is 17.9. The van der Waals surface area contributed by atoms with E-state index in [-0.39, 0.29) is 0 Å². The van der Waals surface area contributed by atoms with Gasteiger partial charge in [0.2, 0.25) is 0 Å². The largest absolute Gasteiger partial charge is 0.398 e. The van der Waals surface area contributed by atoms with Crippen molar-refractivity contribution in [3.8, 4) is 0 Å². The van der Waals surface area contributed by atoms with Crippen LogP contribution in [-0.2, 0) is 16.1 Å². The van der Waals surface area contributed by atoms with Crippen LogP contribution in [0.3, 0.4) is 0 Å². The lowest BCUT2D eigenvalue weighted by Gasteiger charge is -2.10. The van der Waals surface area contributed by atoms with Gasteiger partial charge in [-0.1, -0.05) is 64.1 Å².